The summed E-state index contributed by atoms with van der Waals surface area (Å²) in [5.74, 6) is 0.149. The van der Waals surface area contributed by atoms with Crippen LogP contribution in [0.15, 0.2) is 53.3 Å². The van der Waals surface area contributed by atoms with E-state index in [-0.39, 0.29) is 11.6 Å². The van der Waals surface area contributed by atoms with E-state index in [1.807, 2.05) is 31.2 Å². The van der Waals surface area contributed by atoms with Crippen molar-refractivity contribution in [3.05, 3.63) is 68.1 Å². The lowest BCUT2D eigenvalue weighted by atomic mass is 10.1. The molecule has 1 amide bonds. The van der Waals surface area contributed by atoms with Crippen LogP contribution in [0.2, 0.25) is 0 Å². The minimum absolute atomic E-state index is 0.181. The molecule has 0 aliphatic rings. The number of benzene rings is 2. The van der Waals surface area contributed by atoms with Gasteiger partial charge in [-0.1, -0.05) is 12.1 Å². The summed E-state index contributed by atoms with van der Waals surface area (Å²) in [7, 11) is 0. The van der Waals surface area contributed by atoms with Gasteiger partial charge < -0.3 is 10.3 Å². The van der Waals surface area contributed by atoms with E-state index in [0.29, 0.717) is 23.4 Å². The van der Waals surface area contributed by atoms with Crippen molar-refractivity contribution in [1.82, 2.24) is 19.7 Å². The number of fused-ring (bicyclic) bond motifs is 1. The monoisotopic (exact) mass is 473 g/mol. The summed E-state index contributed by atoms with van der Waals surface area (Å²) in [5, 5.41) is 9.86. The molecule has 0 atom stereocenters. The molecule has 2 heterocycles. The molecule has 8 heteroatoms. The van der Waals surface area contributed by atoms with Crippen molar-refractivity contribution in [3.63, 3.8) is 0 Å². The number of hydrogen-bond donors (Lipinski definition) is 3. The van der Waals surface area contributed by atoms with Gasteiger partial charge in [0.15, 0.2) is 5.82 Å². The fourth-order valence-corrected chi connectivity index (χ4v) is 3.33. The van der Waals surface area contributed by atoms with Gasteiger partial charge in [-0.3, -0.25) is 14.5 Å². The number of hydrogen-bond acceptors (Lipinski definition) is 3. The predicted octanol–water partition coefficient (Wildman–Crippen LogP) is 3.60. The topological polar surface area (TPSA) is 95.6 Å². The number of amides is 1. The number of nitrogens with one attached hydrogen (secondary N) is 3. The predicted molar refractivity (Wildman–Crippen MR) is 113 cm³/mol. The molecule has 0 aliphatic carbocycles. The molecule has 0 spiro atoms. The normalized spacial score (nSPS) is 11.0. The molecule has 0 fully saturated rings. The first kappa shape index (κ1) is 17.5. The summed E-state index contributed by atoms with van der Waals surface area (Å²) in [6.07, 6.45) is 0. The van der Waals surface area contributed by atoms with Crippen LogP contribution in [0.4, 0.5) is 5.82 Å². The highest BCUT2D eigenvalue weighted by Gasteiger charge is 2.12. The molecule has 3 N–H and O–H groups in total. The Morgan fingerprint density at radius 1 is 1.19 bits per heavy atom. The summed E-state index contributed by atoms with van der Waals surface area (Å²) >= 11 is 2.25. The Hall–Kier alpha value is -2.88. The summed E-state index contributed by atoms with van der Waals surface area (Å²) in [4.78, 5) is 27.2. The van der Waals surface area contributed by atoms with Gasteiger partial charge >= 0.3 is 5.69 Å². The Morgan fingerprint density at radius 2 is 1.96 bits per heavy atom. The van der Waals surface area contributed by atoms with Gasteiger partial charge in [0.2, 0.25) is 0 Å². The largest absolute Gasteiger partial charge is 0.326 e. The van der Waals surface area contributed by atoms with E-state index in [0.717, 1.165) is 20.3 Å². The summed E-state index contributed by atoms with van der Waals surface area (Å²) < 4.78 is 2.77. The molecule has 0 saturated heterocycles. The fraction of sp³-hybridized carbons (Fsp3) is 0.105. The van der Waals surface area contributed by atoms with E-state index in [4.69, 9.17) is 0 Å². The first-order valence-corrected chi connectivity index (χ1v) is 9.48. The lowest BCUT2D eigenvalue weighted by Crippen LogP contribution is -2.14. The van der Waals surface area contributed by atoms with E-state index in [2.05, 4.69) is 43.1 Å². The van der Waals surface area contributed by atoms with Gasteiger partial charge in [0.25, 0.3) is 5.91 Å². The zero-order valence-electron chi connectivity index (χ0n) is 14.4. The highest BCUT2D eigenvalue weighted by atomic mass is 127. The third-order valence-electron chi connectivity index (χ3n) is 4.33. The van der Waals surface area contributed by atoms with Crippen molar-refractivity contribution in [2.75, 3.05) is 5.32 Å². The highest BCUT2D eigenvalue weighted by Crippen LogP contribution is 2.21. The number of carbonyl (C=O) groups is 1. The second-order valence-corrected chi connectivity index (χ2v) is 7.28. The van der Waals surface area contributed by atoms with Crippen LogP contribution in [0.1, 0.15) is 17.3 Å². The van der Waals surface area contributed by atoms with E-state index in [9.17, 15) is 9.59 Å². The molecule has 2 aromatic heterocycles. The molecule has 4 aromatic rings. The van der Waals surface area contributed by atoms with Gasteiger partial charge in [0.05, 0.1) is 16.7 Å². The van der Waals surface area contributed by atoms with Crippen molar-refractivity contribution in [2.24, 2.45) is 0 Å². The number of aromatic nitrogens is 4. The number of anilines is 1. The molecule has 136 valence electrons. The van der Waals surface area contributed by atoms with Crippen molar-refractivity contribution in [1.29, 1.82) is 0 Å². The van der Waals surface area contributed by atoms with Gasteiger partial charge in [-0.15, -0.1) is 0 Å². The van der Waals surface area contributed by atoms with Crippen LogP contribution in [0, 0.1) is 3.57 Å². The lowest BCUT2D eigenvalue weighted by molar-refractivity contribution is 0.102. The standard InChI is InChI=1S/C19H16IN5O2/c1-2-25-16-8-5-12(9-15(16)21-19(25)27)18(26)22-17-10-14(23-24-17)11-3-6-13(20)7-4-11/h3-10H,2H2,1H3,(H,21,27)(H2,22,23,24,26). The van der Waals surface area contributed by atoms with Gasteiger partial charge in [-0.2, -0.15) is 5.10 Å². The Morgan fingerprint density at radius 3 is 2.70 bits per heavy atom. The number of halogens is 1. The van der Waals surface area contributed by atoms with Gasteiger partial charge in [-0.25, -0.2) is 4.79 Å². The molecule has 0 aliphatic heterocycles. The van der Waals surface area contributed by atoms with Crippen molar-refractivity contribution < 1.29 is 4.79 Å². The van der Waals surface area contributed by atoms with Crippen molar-refractivity contribution in [3.8, 4) is 11.3 Å². The van der Waals surface area contributed by atoms with Crippen LogP contribution in [-0.2, 0) is 6.54 Å². The third-order valence-corrected chi connectivity index (χ3v) is 5.05. The second-order valence-electron chi connectivity index (χ2n) is 6.03. The Bertz CT molecular complexity index is 1190. The Labute approximate surface area is 167 Å². The molecular formula is C19H16IN5O2. The van der Waals surface area contributed by atoms with E-state index in [1.54, 1.807) is 28.8 Å². The van der Waals surface area contributed by atoms with Crippen LogP contribution in [-0.4, -0.2) is 25.7 Å². The quantitative estimate of drug-likeness (QED) is 0.396. The SMILES string of the molecule is CCn1c(=O)[nH]c2cc(C(=O)Nc3cc(-c4ccc(I)cc4)[nH]n3)ccc21. The highest BCUT2D eigenvalue weighted by molar-refractivity contribution is 14.1. The Kier molecular flexibility index (Phi) is 4.56. The molecule has 0 unspecified atom stereocenters. The number of carbonyl (C=O) groups excluding carboxylic acids is 1. The maximum absolute atomic E-state index is 12.5. The van der Waals surface area contributed by atoms with Crippen LogP contribution >= 0.6 is 22.6 Å². The van der Waals surface area contributed by atoms with E-state index >= 15 is 0 Å². The number of aryl methyl sites for hydroxylation is 1. The van der Waals surface area contributed by atoms with E-state index in [1.165, 1.54) is 0 Å². The van der Waals surface area contributed by atoms with Crippen LogP contribution in [0.3, 0.4) is 0 Å². The zero-order chi connectivity index (χ0) is 19.0. The van der Waals surface area contributed by atoms with Crippen molar-refractivity contribution >= 4 is 45.3 Å². The molecule has 7 nitrogen and oxygen atoms in total. The molecule has 4 rings (SSSR count). The first-order chi connectivity index (χ1) is 13.0. The van der Waals surface area contributed by atoms with Crippen LogP contribution < -0.4 is 11.0 Å². The zero-order valence-corrected chi connectivity index (χ0v) is 16.6. The van der Waals surface area contributed by atoms with Crippen LogP contribution in [0.5, 0.6) is 0 Å². The Balaban J connectivity index is 1.56. The maximum Gasteiger partial charge on any atom is 0.326 e. The summed E-state index contributed by atoms with van der Waals surface area (Å²) in [6.45, 7) is 2.47. The smallest absolute Gasteiger partial charge is 0.306 e. The third kappa shape index (κ3) is 3.39. The number of imidazole rings is 1. The first-order valence-electron chi connectivity index (χ1n) is 8.40. The minimum Gasteiger partial charge on any atom is -0.306 e. The van der Waals surface area contributed by atoms with Gasteiger partial charge in [0, 0.05) is 21.7 Å². The molecule has 0 radical (unpaired) electrons. The molecule has 0 saturated carbocycles. The van der Waals surface area contributed by atoms with Gasteiger partial charge in [-0.05, 0) is 65.4 Å². The number of nitrogens with zero attached hydrogens (tertiary/aromatic N) is 2. The van der Waals surface area contributed by atoms with Crippen LogP contribution in [0.25, 0.3) is 22.3 Å². The fourth-order valence-electron chi connectivity index (χ4n) is 2.97. The number of H-pyrrole nitrogens is 2. The number of aromatic amines is 2. The molecule has 0 bridgehead atoms. The van der Waals surface area contributed by atoms with E-state index < -0.39 is 0 Å². The second kappa shape index (κ2) is 7.03. The minimum atomic E-state index is -0.289. The molecule has 2 aromatic carbocycles. The average Bonchev–Trinajstić information content (AvgIpc) is 3.24. The van der Waals surface area contributed by atoms with Crippen molar-refractivity contribution in [2.45, 2.75) is 13.5 Å². The maximum atomic E-state index is 12.5. The lowest BCUT2D eigenvalue weighted by Gasteiger charge is -2.03. The number of rotatable bonds is 4. The molecule has 27 heavy (non-hydrogen) atoms. The summed E-state index contributed by atoms with van der Waals surface area (Å²) in [5.41, 5.74) is 3.49. The summed E-state index contributed by atoms with van der Waals surface area (Å²) in [6, 6.07) is 14.9. The molecular weight excluding hydrogens is 457 g/mol. The van der Waals surface area contributed by atoms with Gasteiger partial charge in [0.1, 0.15) is 0 Å². The average molecular weight is 473 g/mol.